The molecule has 0 saturated heterocycles. The third-order valence-electron chi connectivity index (χ3n) is 3.64. The van der Waals surface area contributed by atoms with Crippen LogP contribution in [0.25, 0.3) is 0 Å². The number of hydrogen-bond acceptors (Lipinski definition) is 6. The van der Waals surface area contributed by atoms with Gasteiger partial charge in [0, 0.05) is 18.4 Å². The highest BCUT2D eigenvalue weighted by Gasteiger charge is 2.26. The van der Waals surface area contributed by atoms with Gasteiger partial charge < -0.3 is 10.1 Å². The van der Waals surface area contributed by atoms with Crippen molar-refractivity contribution in [2.45, 2.75) is 38.3 Å². The molecular weight excluding hydrogens is 356 g/mol. The van der Waals surface area contributed by atoms with Crippen molar-refractivity contribution in [3.8, 4) is 5.75 Å². The molecule has 2 rings (SSSR count). The Kier molecular flexibility index (Phi) is 5.86. The predicted octanol–water partition coefficient (Wildman–Crippen LogP) is 3.71. The van der Waals surface area contributed by atoms with E-state index >= 15 is 0 Å². The van der Waals surface area contributed by atoms with E-state index in [0.29, 0.717) is 5.75 Å². The summed E-state index contributed by atoms with van der Waals surface area (Å²) in [5.41, 5.74) is 1.56. The Labute approximate surface area is 153 Å². The summed E-state index contributed by atoms with van der Waals surface area (Å²) in [5.74, 6) is 0.689. The second-order valence-electron chi connectivity index (χ2n) is 6.31. The van der Waals surface area contributed by atoms with Gasteiger partial charge in [-0.25, -0.2) is 8.42 Å². The van der Waals surface area contributed by atoms with Gasteiger partial charge >= 0.3 is 5.69 Å². The molecule has 140 valence electrons. The number of ether oxygens (including phenoxy) is 1. The third-order valence-corrected chi connectivity index (χ3v) is 4.76. The zero-order valence-electron chi connectivity index (χ0n) is 15.1. The Hall–Kier alpha value is -2.61. The van der Waals surface area contributed by atoms with Crippen LogP contribution in [0.15, 0.2) is 41.3 Å². The average molecular weight is 378 g/mol. The van der Waals surface area contributed by atoms with Crippen LogP contribution in [0.2, 0.25) is 0 Å². The van der Waals surface area contributed by atoms with Gasteiger partial charge in [0.1, 0.15) is 16.3 Å². The monoisotopic (exact) mass is 378 g/mol. The SMILES string of the molecule is Cc1ccc(CNc2cccc(S(C)(=O)=O)c2[N+](=O)[O-])c(OC(C)C)c1. The van der Waals surface area contributed by atoms with Crippen LogP contribution < -0.4 is 10.1 Å². The molecule has 1 N–H and O–H groups in total. The maximum atomic E-state index is 11.8. The molecule has 0 atom stereocenters. The van der Waals surface area contributed by atoms with Crippen molar-refractivity contribution in [2.24, 2.45) is 0 Å². The molecule has 2 aromatic rings. The minimum absolute atomic E-state index is 0.0153. The second-order valence-corrected chi connectivity index (χ2v) is 8.30. The molecule has 7 nitrogen and oxygen atoms in total. The van der Waals surface area contributed by atoms with Crippen LogP contribution in [0.1, 0.15) is 25.0 Å². The Morgan fingerprint density at radius 3 is 2.50 bits per heavy atom. The van der Waals surface area contributed by atoms with Crippen LogP contribution in [0.3, 0.4) is 0 Å². The topological polar surface area (TPSA) is 98.5 Å². The van der Waals surface area contributed by atoms with Crippen molar-refractivity contribution >= 4 is 21.2 Å². The first-order valence-corrected chi connectivity index (χ1v) is 9.96. The van der Waals surface area contributed by atoms with Gasteiger partial charge in [-0.3, -0.25) is 10.1 Å². The van der Waals surface area contributed by atoms with Gasteiger partial charge in [-0.05, 0) is 44.5 Å². The maximum Gasteiger partial charge on any atom is 0.310 e. The van der Waals surface area contributed by atoms with E-state index in [1.807, 2.05) is 39.0 Å². The molecule has 0 heterocycles. The molecule has 26 heavy (non-hydrogen) atoms. The summed E-state index contributed by atoms with van der Waals surface area (Å²) in [5, 5.41) is 14.4. The summed E-state index contributed by atoms with van der Waals surface area (Å²) < 4.78 is 29.5. The largest absolute Gasteiger partial charge is 0.491 e. The van der Waals surface area contributed by atoms with Gasteiger partial charge in [-0.1, -0.05) is 18.2 Å². The van der Waals surface area contributed by atoms with Gasteiger partial charge in [0.25, 0.3) is 0 Å². The molecule has 2 aromatic carbocycles. The van der Waals surface area contributed by atoms with E-state index in [2.05, 4.69) is 5.32 Å². The first-order chi connectivity index (χ1) is 12.1. The molecule has 0 aliphatic rings. The predicted molar refractivity (Wildman–Crippen MR) is 100 cm³/mol. The number of nitrogens with zero attached hydrogens (tertiary/aromatic N) is 1. The lowest BCUT2D eigenvalue weighted by atomic mass is 10.1. The fraction of sp³-hybridized carbons (Fsp3) is 0.333. The minimum Gasteiger partial charge on any atom is -0.491 e. The lowest BCUT2D eigenvalue weighted by molar-refractivity contribution is -0.386. The van der Waals surface area contributed by atoms with Gasteiger partial charge in [-0.15, -0.1) is 0 Å². The molecule has 0 aromatic heterocycles. The van der Waals surface area contributed by atoms with Crippen molar-refractivity contribution in [2.75, 3.05) is 11.6 Å². The highest BCUT2D eigenvalue weighted by molar-refractivity contribution is 7.90. The van der Waals surface area contributed by atoms with Crippen molar-refractivity contribution in [1.82, 2.24) is 0 Å². The smallest absolute Gasteiger partial charge is 0.310 e. The number of nitrogens with one attached hydrogen (secondary N) is 1. The normalized spacial score (nSPS) is 11.4. The molecule has 0 radical (unpaired) electrons. The van der Waals surface area contributed by atoms with Gasteiger partial charge in [0.15, 0.2) is 9.84 Å². The highest BCUT2D eigenvalue weighted by Crippen LogP contribution is 2.33. The zero-order chi connectivity index (χ0) is 19.5. The Morgan fingerprint density at radius 2 is 1.92 bits per heavy atom. The summed E-state index contributed by atoms with van der Waals surface area (Å²) in [4.78, 5) is 10.4. The van der Waals surface area contributed by atoms with E-state index in [-0.39, 0.29) is 23.2 Å². The summed E-state index contributed by atoms with van der Waals surface area (Å²) in [6.45, 7) is 6.04. The molecule has 0 aliphatic carbocycles. The number of benzene rings is 2. The van der Waals surface area contributed by atoms with Crippen LogP contribution in [0.4, 0.5) is 11.4 Å². The first-order valence-electron chi connectivity index (χ1n) is 8.07. The van der Waals surface area contributed by atoms with Crippen LogP contribution in [-0.4, -0.2) is 25.7 Å². The fourth-order valence-electron chi connectivity index (χ4n) is 2.51. The molecule has 0 unspecified atom stereocenters. The summed E-state index contributed by atoms with van der Waals surface area (Å²) in [6.07, 6.45) is 0.937. The lowest BCUT2D eigenvalue weighted by Crippen LogP contribution is -2.11. The van der Waals surface area contributed by atoms with Crippen LogP contribution in [-0.2, 0) is 16.4 Å². The minimum atomic E-state index is -3.72. The van der Waals surface area contributed by atoms with Crippen molar-refractivity contribution in [3.63, 3.8) is 0 Å². The fourth-order valence-corrected chi connectivity index (χ4v) is 3.38. The number of rotatable bonds is 7. The summed E-state index contributed by atoms with van der Waals surface area (Å²) in [6, 6.07) is 9.91. The third kappa shape index (κ3) is 4.72. The zero-order valence-corrected chi connectivity index (χ0v) is 16.0. The van der Waals surface area contributed by atoms with Gasteiger partial charge in [0.2, 0.25) is 0 Å². The van der Waals surface area contributed by atoms with Gasteiger partial charge in [-0.2, -0.15) is 0 Å². The van der Waals surface area contributed by atoms with Gasteiger partial charge in [0.05, 0.1) is 11.0 Å². The lowest BCUT2D eigenvalue weighted by Gasteiger charge is -2.16. The van der Waals surface area contributed by atoms with Crippen molar-refractivity contribution < 1.29 is 18.1 Å². The number of nitro benzene ring substituents is 1. The molecule has 0 bridgehead atoms. The van der Waals surface area contributed by atoms with E-state index in [1.165, 1.54) is 18.2 Å². The van der Waals surface area contributed by atoms with E-state index in [9.17, 15) is 18.5 Å². The Bertz CT molecular complexity index is 923. The summed E-state index contributed by atoms with van der Waals surface area (Å²) >= 11 is 0. The van der Waals surface area contributed by atoms with Crippen molar-refractivity contribution in [3.05, 3.63) is 57.6 Å². The van der Waals surface area contributed by atoms with E-state index in [0.717, 1.165) is 17.4 Å². The van der Waals surface area contributed by atoms with Crippen LogP contribution in [0, 0.1) is 17.0 Å². The average Bonchev–Trinajstić information content (AvgIpc) is 2.52. The van der Waals surface area contributed by atoms with Crippen LogP contribution in [0.5, 0.6) is 5.75 Å². The standard InChI is InChI=1S/C18H22N2O5S/c1-12(2)25-16-10-13(3)8-9-14(16)11-19-15-6-5-7-17(26(4,23)24)18(15)20(21)22/h5-10,12,19H,11H2,1-4H3. The molecular formula is C18H22N2O5S. The number of para-hydroxylation sites is 1. The molecule has 0 aliphatic heterocycles. The first kappa shape index (κ1) is 19.7. The molecule has 8 heteroatoms. The number of hydrogen-bond donors (Lipinski definition) is 1. The van der Waals surface area contributed by atoms with E-state index in [1.54, 1.807) is 0 Å². The second kappa shape index (κ2) is 7.74. The number of nitro groups is 1. The van der Waals surface area contributed by atoms with Crippen molar-refractivity contribution in [1.29, 1.82) is 0 Å². The molecule has 0 amide bonds. The number of aryl methyl sites for hydroxylation is 1. The Morgan fingerprint density at radius 1 is 1.23 bits per heavy atom. The van der Waals surface area contributed by atoms with Crippen LogP contribution >= 0.6 is 0 Å². The Balaban J connectivity index is 2.38. The summed E-state index contributed by atoms with van der Waals surface area (Å²) in [7, 11) is -3.72. The molecule has 0 spiro atoms. The molecule has 0 fully saturated rings. The molecule has 0 saturated carbocycles. The number of anilines is 1. The number of sulfone groups is 1. The van der Waals surface area contributed by atoms with E-state index in [4.69, 9.17) is 4.74 Å². The van der Waals surface area contributed by atoms with E-state index < -0.39 is 20.4 Å². The highest BCUT2D eigenvalue weighted by atomic mass is 32.2. The maximum absolute atomic E-state index is 11.8. The quantitative estimate of drug-likeness (QED) is 0.582.